The molecule has 0 atom stereocenters. The molecule has 1 heterocycles. The second-order valence-corrected chi connectivity index (χ2v) is 6.63. The van der Waals surface area contributed by atoms with Crippen LogP contribution < -0.4 is 5.32 Å². The number of carbonyl (C=O) groups is 3. The fourth-order valence-corrected chi connectivity index (χ4v) is 2.27. The number of hydrogen-bond acceptors (Lipinski definition) is 6. The minimum absolute atomic E-state index is 0.284. The molecule has 1 aromatic rings. The second kappa shape index (κ2) is 7.82. The Labute approximate surface area is 137 Å². The van der Waals surface area contributed by atoms with Crippen molar-refractivity contribution in [2.24, 2.45) is 0 Å². The number of nitrogens with one attached hydrogen (secondary N) is 1. The summed E-state index contributed by atoms with van der Waals surface area (Å²) in [6.07, 6.45) is -0.551. The first-order valence-electron chi connectivity index (χ1n) is 6.67. The molecule has 0 bridgehead atoms. The van der Waals surface area contributed by atoms with E-state index < -0.39 is 23.6 Å². The summed E-state index contributed by atoms with van der Waals surface area (Å²) in [4.78, 5) is 37.3. The standard InChI is InChI=1S/C14H18N2O6S/c1-14(2,3)22-13(21)15-4-5-23-8-6-9(11(17)18)16-10(7-8)12(19)20/h6-7H,4-5H2,1-3H3,(H,15,21)(H,17,18)(H,19,20). The number of carboxylic acid groups (broad SMARTS) is 2. The number of carbonyl (C=O) groups excluding carboxylic acids is 1. The summed E-state index contributed by atoms with van der Waals surface area (Å²) in [6.45, 7) is 5.53. The Morgan fingerprint density at radius 2 is 1.70 bits per heavy atom. The lowest BCUT2D eigenvalue weighted by molar-refractivity contribution is 0.0530. The minimum atomic E-state index is -1.30. The molecule has 0 fully saturated rings. The normalized spacial score (nSPS) is 10.9. The van der Waals surface area contributed by atoms with Crippen LogP contribution in [0.5, 0.6) is 0 Å². The molecule has 23 heavy (non-hydrogen) atoms. The topological polar surface area (TPSA) is 126 Å². The molecule has 0 unspecified atom stereocenters. The van der Waals surface area contributed by atoms with Crippen molar-refractivity contribution in [1.29, 1.82) is 0 Å². The van der Waals surface area contributed by atoms with E-state index in [1.165, 1.54) is 23.9 Å². The molecule has 9 heteroatoms. The number of hydrogen-bond donors (Lipinski definition) is 3. The van der Waals surface area contributed by atoms with Crippen LogP contribution >= 0.6 is 11.8 Å². The molecule has 0 spiro atoms. The van der Waals surface area contributed by atoms with Crippen molar-refractivity contribution in [1.82, 2.24) is 10.3 Å². The van der Waals surface area contributed by atoms with Crippen LogP contribution in [0.4, 0.5) is 4.79 Å². The van der Waals surface area contributed by atoms with Crippen molar-refractivity contribution in [3.63, 3.8) is 0 Å². The third kappa shape index (κ3) is 7.00. The van der Waals surface area contributed by atoms with Gasteiger partial charge in [0.1, 0.15) is 17.0 Å². The summed E-state index contributed by atoms with van der Waals surface area (Å²) >= 11 is 1.21. The van der Waals surface area contributed by atoms with Crippen LogP contribution in [-0.4, -0.2) is 51.1 Å². The van der Waals surface area contributed by atoms with Gasteiger partial charge in [-0.3, -0.25) is 0 Å². The summed E-state index contributed by atoms with van der Waals surface area (Å²) in [5.41, 5.74) is -1.27. The van der Waals surface area contributed by atoms with E-state index in [1.807, 2.05) is 0 Å². The van der Waals surface area contributed by atoms with Crippen LogP contribution in [-0.2, 0) is 4.74 Å². The Balaban J connectivity index is 2.59. The highest BCUT2D eigenvalue weighted by Gasteiger charge is 2.16. The zero-order chi connectivity index (χ0) is 17.6. The smallest absolute Gasteiger partial charge is 0.407 e. The molecular formula is C14H18N2O6S. The summed E-state index contributed by atoms with van der Waals surface area (Å²) in [7, 11) is 0. The fraction of sp³-hybridized carbons (Fsp3) is 0.429. The average Bonchev–Trinajstić information content (AvgIpc) is 2.41. The van der Waals surface area contributed by atoms with Gasteiger partial charge in [0.2, 0.25) is 0 Å². The first-order valence-corrected chi connectivity index (χ1v) is 7.65. The predicted molar refractivity (Wildman–Crippen MR) is 83.1 cm³/mol. The molecule has 0 aliphatic carbocycles. The maximum absolute atomic E-state index is 11.4. The molecule has 0 aliphatic heterocycles. The van der Waals surface area contributed by atoms with E-state index in [4.69, 9.17) is 14.9 Å². The lowest BCUT2D eigenvalue weighted by atomic mass is 10.2. The maximum Gasteiger partial charge on any atom is 0.407 e. The number of aromatic nitrogens is 1. The zero-order valence-corrected chi connectivity index (χ0v) is 13.8. The molecule has 1 amide bonds. The van der Waals surface area contributed by atoms with E-state index in [9.17, 15) is 14.4 Å². The Bertz CT molecular complexity index is 580. The molecule has 1 aromatic heterocycles. The van der Waals surface area contributed by atoms with E-state index in [1.54, 1.807) is 20.8 Å². The van der Waals surface area contributed by atoms with Gasteiger partial charge in [0.05, 0.1) is 0 Å². The van der Waals surface area contributed by atoms with Gasteiger partial charge < -0.3 is 20.3 Å². The molecule has 0 saturated carbocycles. The highest BCUT2D eigenvalue weighted by Crippen LogP contribution is 2.19. The first-order chi connectivity index (χ1) is 10.6. The predicted octanol–water partition coefficient (Wildman–Crippen LogP) is 2.09. The average molecular weight is 342 g/mol. The van der Waals surface area contributed by atoms with E-state index in [0.29, 0.717) is 10.6 Å². The van der Waals surface area contributed by atoms with Crippen molar-refractivity contribution in [2.75, 3.05) is 12.3 Å². The van der Waals surface area contributed by atoms with Gasteiger partial charge in [-0.25, -0.2) is 19.4 Å². The summed E-state index contributed by atoms with van der Waals surface area (Å²) in [5.74, 6) is -2.19. The van der Waals surface area contributed by atoms with Crippen LogP contribution in [0.3, 0.4) is 0 Å². The molecule has 0 radical (unpaired) electrons. The number of rotatable bonds is 6. The number of ether oxygens (including phenoxy) is 1. The van der Waals surface area contributed by atoms with Gasteiger partial charge >= 0.3 is 18.0 Å². The van der Waals surface area contributed by atoms with Crippen molar-refractivity contribution < 1.29 is 29.3 Å². The molecule has 0 aliphatic rings. The Morgan fingerprint density at radius 3 is 2.13 bits per heavy atom. The zero-order valence-electron chi connectivity index (χ0n) is 13.0. The van der Waals surface area contributed by atoms with E-state index in [2.05, 4.69) is 10.3 Å². The molecular weight excluding hydrogens is 324 g/mol. The van der Waals surface area contributed by atoms with E-state index in [0.717, 1.165) is 0 Å². The number of nitrogens with zero attached hydrogens (tertiary/aromatic N) is 1. The van der Waals surface area contributed by atoms with Gasteiger partial charge in [0.25, 0.3) is 0 Å². The quantitative estimate of drug-likeness (QED) is 0.530. The molecule has 0 aromatic carbocycles. The van der Waals surface area contributed by atoms with Crippen LogP contribution in [0.25, 0.3) is 0 Å². The van der Waals surface area contributed by atoms with Crippen LogP contribution in [0.1, 0.15) is 41.7 Å². The van der Waals surface area contributed by atoms with Crippen molar-refractivity contribution in [2.45, 2.75) is 31.3 Å². The monoisotopic (exact) mass is 342 g/mol. The molecule has 3 N–H and O–H groups in total. The lowest BCUT2D eigenvalue weighted by Gasteiger charge is -2.19. The molecule has 8 nitrogen and oxygen atoms in total. The van der Waals surface area contributed by atoms with Crippen LogP contribution in [0.2, 0.25) is 0 Å². The largest absolute Gasteiger partial charge is 0.477 e. The Kier molecular flexibility index (Phi) is 6.38. The van der Waals surface area contributed by atoms with Gasteiger partial charge in [-0.2, -0.15) is 0 Å². The number of thioether (sulfide) groups is 1. The lowest BCUT2D eigenvalue weighted by Crippen LogP contribution is -2.33. The number of alkyl carbamates (subject to hydrolysis) is 1. The van der Waals surface area contributed by atoms with Crippen LogP contribution in [0, 0.1) is 0 Å². The van der Waals surface area contributed by atoms with Gasteiger partial charge in [0.15, 0.2) is 0 Å². The highest BCUT2D eigenvalue weighted by atomic mass is 32.2. The van der Waals surface area contributed by atoms with Gasteiger partial charge in [-0.15, -0.1) is 11.8 Å². The van der Waals surface area contributed by atoms with E-state index >= 15 is 0 Å². The fourth-order valence-electron chi connectivity index (χ4n) is 1.44. The second-order valence-electron chi connectivity index (χ2n) is 5.46. The first kappa shape index (κ1) is 18.8. The summed E-state index contributed by atoms with van der Waals surface area (Å²) in [5, 5.41) is 20.4. The van der Waals surface area contributed by atoms with E-state index in [-0.39, 0.29) is 17.9 Å². The highest BCUT2D eigenvalue weighted by molar-refractivity contribution is 7.99. The van der Waals surface area contributed by atoms with Gasteiger partial charge in [-0.1, -0.05) is 0 Å². The SMILES string of the molecule is CC(C)(C)OC(=O)NCCSc1cc(C(=O)O)nc(C(=O)O)c1. The third-order valence-electron chi connectivity index (χ3n) is 2.28. The number of aromatic carboxylic acids is 2. The molecule has 1 rings (SSSR count). The summed E-state index contributed by atoms with van der Waals surface area (Å²) in [6, 6.07) is 2.57. The van der Waals surface area contributed by atoms with Crippen molar-refractivity contribution >= 4 is 29.8 Å². The van der Waals surface area contributed by atoms with Gasteiger partial charge in [-0.05, 0) is 32.9 Å². The number of pyridine rings is 1. The summed E-state index contributed by atoms with van der Waals surface area (Å²) < 4.78 is 5.07. The van der Waals surface area contributed by atoms with Gasteiger partial charge in [0, 0.05) is 17.2 Å². The van der Waals surface area contributed by atoms with Crippen molar-refractivity contribution in [3.05, 3.63) is 23.5 Å². The molecule has 0 saturated heterocycles. The maximum atomic E-state index is 11.4. The third-order valence-corrected chi connectivity index (χ3v) is 3.25. The van der Waals surface area contributed by atoms with Crippen LogP contribution in [0.15, 0.2) is 17.0 Å². The minimum Gasteiger partial charge on any atom is -0.477 e. The molecule has 126 valence electrons. The van der Waals surface area contributed by atoms with Crippen molar-refractivity contribution in [3.8, 4) is 0 Å². The Morgan fingerprint density at radius 1 is 1.17 bits per heavy atom. The Hall–Kier alpha value is -2.29. The number of carboxylic acids is 2. The number of amides is 1.